The van der Waals surface area contributed by atoms with Gasteiger partial charge in [0.15, 0.2) is 0 Å². The van der Waals surface area contributed by atoms with Gasteiger partial charge < -0.3 is 19.3 Å². The summed E-state index contributed by atoms with van der Waals surface area (Å²) < 4.78 is 2.14. The van der Waals surface area contributed by atoms with E-state index in [-0.39, 0.29) is 5.91 Å². The Morgan fingerprint density at radius 3 is 2.32 bits per heavy atom. The third-order valence-electron chi connectivity index (χ3n) is 7.13. The second-order valence-electron chi connectivity index (χ2n) is 9.13. The molecule has 0 unspecified atom stereocenters. The predicted molar refractivity (Wildman–Crippen MR) is 124 cm³/mol. The molecule has 3 saturated heterocycles. The standard InChI is InChI=1S/C24H30N6O/c31-20(27-11-3-4-12-27)17-30-19-10-2-1-9-18(19)21-22(28-13-5-6-14-28)25-24(26-23(21)30)29-15-7-8-16-29/h1-2,9-10H,3-8,11-17H2/i24+2. The van der Waals surface area contributed by atoms with Crippen molar-refractivity contribution in [1.29, 1.82) is 0 Å². The van der Waals surface area contributed by atoms with Gasteiger partial charge in [0.2, 0.25) is 11.9 Å². The highest BCUT2D eigenvalue weighted by atomic mass is 16.2. The Kier molecular flexibility index (Phi) is 4.69. The molecule has 3 aliphatic heterocycles. The molecule has 0 spiro atoms. The molecule has 0 saturated carbocycles. The maximum atomic E-state index is 13.1. The summed E-state index contributed by atoms with van der Waals surface area (Å²) >= 11 is 0. The maximum Gasteiger partial charge on any atom is 0.242 e. The molecule has 0 atom stereocenters. The van der Waals surface area contributed by atoms with Crippen molar-refractivity contribution in [3.63, 3.8) is 0 Å². The SMILES string of the molecule is O=C(Cn1c2ccccc2c2c(N3CCCC3)n[14c](N3CCCC3)nc21)N1CCCC1. The third-order valence-corrected chi connectivity index (χ3v) is 7.13. The van der Waals surface area contributed by atoms with E-state index in [1.807, 2.05) is 4.90 Å². The Bertz CT molecular complexity index is 1120. The summed E-state index contributed by atoms with van der Waals surface area (Å²) in [5.41, 5.74) is 1.99. The first-order valence-corrected chi connectivity index (χ1v) is 11.9. The highest BCUT2D eigenvalue weighted by Gasteiger charge is 2.27. The van der Waals surface area contributed by atoms with Crippen LogP contribution in [0.25, 0.3) is 21.9 Å². The van der Waals surface area contributed by atoms with Crippen LogP contribution in [0.1, 0.15) is 38.5 Å². The number of amides is 1. The average molecular weight is 421 g/mol. The number of para-hydroxylation sites is 1. The van der Waals surface area contributed by atoms with Crippen LogP contribution >= 0.6 is 0 Å². The van der Waals surface area contributed by atoms with E-state index in [9.17, 15) is 4.79 Å². The predicted octanol–water partition coefficient (Wildman–Crippen LogP) is 3.41. The van der Waals surface area contributed by atoms with Gasteiger partial charge in [-0.05, 0) is 44.6 Å². The largest absolute Gasteiger partial charge is 0.356 e. The molecular formula is C24H30N6O. The van der Waals surface area contributed by atoms with Crippen molar-refractivity contribution in [3.05, 3.63) is 24.3 Å². The Morgan fingerprint density at radius 1 is 0.871 bits per heavy atom. The van der Waals surface area contributed by atoms with Gasteiger partial charge in [-0.2, -0.15) is 9.97 Å². The lowest BCUT2D eigenvalue weighted by Crippen LogP contribution is -2.31. The van der Waals surface area contributed by atoms with Crippen molar-refractivity contribution in [1.82, 2.24) is 19.4 Å². The van der Waals surface area contributed by atoms with Gasteiger partial charge >= 0.3 is 0 Å². The number of aromatic nitrogens is 3. The van der Waals surface area contributed by atoms with Crippen LogP contribution in [0.3, 0.4) is 0 Å². The molecule has 31 heavy (non-hydrogen) atoms. The fraction of sp³-hybridized carbons (Fsp3) is 0.542. The monoisotopic (exact) mass is 420 g/mol. The third kappa shape index (κ3) is 3.22. The molecule has 6 rings (SSSR count). The maximum absolute atomic E-state index is 13.1. The van der Waals surface area contributed by atoms with Crippen molar-refractivity contribution in [2.75, 3.05) is 49.1 Å². The number of carbonyl (C=O) groups excluding carboxylic acids is 1. The molecule has 162 valence electrons. The van der Waals surface area contributed by atoms with E-state index in [4.69, 9.17) is 9.97 Å². The van der Waals surface area contributed by atoms with Gasteiger partial charge in [-0.25, -0.2) is 0 Å². The number of carbonyl (C=O) groups is 1. The number of nitrogens with zero attached hydrogens (tertiary/aromatic N) is 6. The van der Waals surface area contributed by atoms with E-state index < -0.39 is 0 Å². The molecule has 5 heterocycles. The van der Waals surface area contributed by atoms with Crippen LogP contribution in [0.2, 0.25) is 0 Å². The van der Waals surface area contributed by atoms with Gasteiger partial charge in [0.1, 0.15) is 18.0 Å². The molecule has 3 fully saturated rings. The summed E-state index contributed by atoms with van der Waals surface area (Å²) in [6.45, 7) is 6.21. The molecule has 0 N–H and O–H groups in total. The molecule has 1 amide bonds. The smallest absolute Gasteiger partial charge is 0.242 e. The Hall–Kier alpha value is -2.83. The number of likely N-dealkylation sites (tertiary alicyclic amines) is 1. The van der Waals surface area contributed by atoms with Gasteiger partial charge in [0.25, 0.3) is 0 Å². The molecule has 7 nitrogen and oxygen atoms in total. The van der Waals surface area contributed by atoms with Crippen LogP contribution in [0.5, 0.6) is 0 Å². The van der Waals surface area contributed by atoms with Gasteiger partial charge in [-0.15, -0.1) is 0 Å². The average Bonchev–Trinajstić information content (AvgIpc) is 3.61. The summed E-state index contributed by atoms with van der Waals surface area (Å²) in [6.07, 6.45) is 7.01. The van der Waals surface area contributed by atoms with Crippen LogP contribution in [0, 0.1) is 0 Å². The number of benzene rings is 1. The molecule has 2 aromatic heterocycles. The van der Waals surface area contributed by atoms with Gasteiger partial charge in [0.05, 0.1) is 10.9 Å². The zero-order valence-corrected chi connectivity index (χ0v) is 18.1. The van der Waals surface area contributed by atoms with E-state index in [2.05, 4.69) is 38.6 Å². The first-order chi connectivity index (χ1) is 15.3. The van der Waals surface area contributed by atoms with E-state index in [0.717, 1.165) is 85.8 Å². The summed E-state index contributed by atoms with van der Waals surface area (Å²) in [4.78, 5) is 30.1. The Labute approximate surface area is 182 Å². The fourth-order valence-corrected chi connectivity index (χ4v) is 5.48. The molecular weight excluding hydrogens is 390 g/mol. The van der Waals surface area contributed by atoms with Gasteiger partial charge in [0, 0.05) is 44.7 Å². The van der Waals surface area contributed by atoms with Crippen LogP contribution in [0.15, 0.2) is 24.3 Å². The van der Waals surface area contributed by atoms with Gasteiger partial charge in [-0.1, -0.05) is 18.2 Å². The van der Waals surface area contributed by atoms with Crippen LogP contribution in [-0.2, 0) is 11.3 Å². The molecule has 0 radical (unpaired) electrons. The van der Waals surface area contributed by atoms with Crippen molar-refractivity contribution < 1.29 is 4.79 Å². The Balaban J connectivity index is 1.55. The van der Waals surface area contributed by atoms with Crippen molar-refractivity contribution in [2.45, 2.75) is 45.1 Å². The van der Waals surface area contributed by atoms with E-state index in [1.165, 1.54) is 25.7 Å². The second kappa shape index (κ2) is 7.70. The number of hydrogen-bond acceptors (Lipinski definition) is 5. The summed E-state index contributed by atoms with van der Waals surface area (Å²) in [6, 6.07) is 8.42. The lowest BCUT2D eigenvalue weighted by Gasteiger charge is -2.22. The quantitative estimate of drug-likeness (QED) is 0.647. The molecule has 0 aliphatic carbocycles. The highest BCUT2D eigenvalue weighted by molar-refractivity contribution is 6.12. The number of anilines is 2. The van der Waals surface area contributed by atoms with Crippen LogP contribution in [-0.4, -0.2) is 64.6 Å². The second-order valence-corrected chi connectivity index (χ2v) is 9.13. The summed E-state index contributed by atoms with van der Waals surface area (Å²) in [5.74, 6) is 2.07. The zero-order valence-electron chi connectivity index (χ0n) is 18.1. The first kappa shape index (κ1) is 18.9. The zero-order chi connectivity index (χ0) is 20.8. The first-order valence-electron chi connectivity index (χ1n) is 11.9. The van der Waals surface area contributed by atoms with Crippen LogP contribution < -0.4 is 9.80 Å². The van der Waals surface area contributed by atoms with E-state index in [1.54, 1.807) is 0 Å². The number of rotatable bonds is 4. The normalized spacial score (nSPS) is 19.4. The summed E-state index contributed by atoms with van der Waals surface area (Å²) in [7, 11) is 0. The Morgan fingerprint density at radius 2 is 1.55 bits per heavy atom. The van der Waals surface area contributed by atoms with E-state index >= 15 is 0 Å². The minimum absolute atomic E-state index is 0.198. The van der Waals surface area contributed by atoms with Crippen molar-refractivity contribution >= 4 is 39.6 Å². The van der Waals surface area contributed by atoms with Gasteiger partial charge in [-0.3, -0.25) is 4.79 Å². The molecule has 1 aromatic carbocycles. The molecule has 0 bridgehead atoms. The summed E-state index contributed by atoms with van der Waals surface area (Å²) in [5, 5.41) is 2.26. The lowest BCUT2D eigenvalue weighted by molar-refractivity contribution is -0.130. The van der Waals surface area contributed by atoms with E-state index in [0.29, 0.717) is 6.54 Å². The minimum atomic E-state index is 0.198. The molecule has 7 heteroatoms. The lowest BCUT2D eigenvalue weighted by atomic mass is 10.2. The van der Waals surface area contributed by atoms with Crippen LogP contribution in [0.4, 0.5) is 11.8 Å². The topological polar surface area (TPSA) is 57.5 Å². The number of hydrogen-bond donors (Lipinski definition) is 0. The fourth-order valence-electron chi connectivity index (χ4n) is 5.48. The van der Waals surface area contributed by atoms with Crippen molar-refractivity contribution in [3.8, 4) is 0 Å². The number of fused-ring (bicyclic) bond motifs is 3. The highest BCUT2D eigenvalue weighted by Crippen LogP contribution is 2.37. The molecule has 3 aliphatic rings. The van der Waals surface area contributed by atoms with Crippen molar-refractivity contribution in [2.24, 2.45) is 0 Å². The minimum Gasteiger partial charge on any atom is -0.356 e. The molecule has 3 aromatic rings.